The first-order valence-corrected chi connectivity index (χ1v) is 7.31. The third-order valence-corrected chi connectivity index (χ3v) is 3.04. The maximum atomic E-state index is 12.5. The van der Waals surface area contributed by atoms with Crippen LogP contribution in [0.3, 0.4) is 0 Å². The van der Waals surface area contributed by atoms with Crippen molar-refractivity contribution in [2.75, 3.05) is 0 Å². The fourth-order valence-corrected chi connectivity index (χ4v) is 1.69. The molecule has 4 N–H and O–H groups in total. The lowest BCUT2D eigenvalue weighted by Crippen LogP contribution is -2.72. The summed E-state index contributed by atoms with van der Waals surface area (Å²) in [6.45, 7) is 4.67. The lowest BCUT2D eigenvalue weighted by Gasteiger charge is -2.41. The normalized spacial score (nSPS) is 13.4. The molecular weight excluding hydrogens is 352 g/mol. The summed E-state index contributed by atoms with van der Waals surface area (Å²) < 4.78 is 13.6. The quantitative estimate of drug-likeness (QED) is 0.144. The van der Waals surface area contributed by atoms with Gasteiger partial charge in [-0.15, -0.1) is 0 Å². The standard InChI is InChI=1S/C16H22O10/c1-5-8-24-11(17)15(12(18)25-9-6-2,13(19)26-10-7-3)16(22,23)14(4,20)21/h5-10,20-23H,1-4H3/b8-5+,9-6+,10-7+. The summed E-state index contributed by atoms with van der Waals surface area (Å²) in [7, 11) is 0. The van der Waals surface area contributed by atoms with E-state index in [0.29, 0.717) is 6.92 Å². The second-order valence-electron chi connectivity index (χ2n) is 5.07. The molecule has 10 heteroatoms. The number of esters is 3. The fourth-order valence-electron chi connectivity index (χ4n) is 1.69. The van der Waals surface area contributed by atoms with Crippen LogP contribution < -0.4 is 0 Å². The van der Waals surface area contributed by atoms with Crippen molar-refractivity contribution < 1.29 is 49.0 Å². The highest BCUT2D eigenvalue weighted by molar-refractivity contribution is 6.19. The first-order chi connectivity index (χ1) is 11.9. The van der Waals surface area contributed by atoms with Crippen LogP contribution in [0.4, 0.5) is 0 Å². The van der Waals surface area contributed by atoms with E-state index >= 15 is 0 Å². The maximum absolute atomic E-state index is 12.5. The molecule has 0 spiro atoms. The van der Waals surface area contributed by atoms with Gasteiger partial charge in [-0.3, -0.25) is 0 Å². The third-order valence-electron chi connectivity index (χ3n) is 3.04. The van der Waals surface area contributed by atoms with Crippen LogP contribution in [0.2, 0.25) is 0 Å². The Hall–Kier alpha value is -2.53. The number of carbonyl (C=O) groups excluding carboxylic acids is 3. The van der Waals surface area contributed by atoms with Gasteiger partial charge in [0.2, 0.25) is 5.79 Å². The van der Waals surface area contributed by atoms with Gasteiger partial charge in [0.15, 0.2) is 0 Å². The van der Waals surface area contributed by atoms with Gasteiger partial charge in [0.25, 0.3) is 5.79 Å². The Bertz CT molecular complexity index is 542. The van der Waals surface area contributed by atoms with Crippen LogP contribution in [0, 0.1) is 5.41 Å². The maximum Gasteiger partial charge on any atom is 0.346 e. The summed E-state index contributed by atoms with van der Waals surface area (Å²) >= 11 is 0. The second kappa shape index (κ2) is 9.25. The van der Waals surface area contributed by atoms with Gasteiger partial charge in [0.1, 0.15) is 0 Å². The molecule has 0 aromatic rings. The van der Waals surface area contributed by atoms with Gasteiger partial charge in [-0.2, -0.15) is 0 Å². The zero-order valence-electron chi connectivity index (χ0n) is 14.7. The predicted molar refractivity (Wildman–Crippen MR) is 85.2 cm³/mol. The van der Waals surface area contributed by atoms with Crippen LogP contribution >= 0.6 is 0 Å². The highest BCUT2D eigenvalue weighted by Gasteiger charge is 2.76. The van der Waals surface area contributed by atoms with Crippen molar-refractivity contribution in [2.24, 2.45) is 5.41 Å². The summed E-state index contributed by atoms with van der Waals surface area (Å²) in [4.78, 5) is 37.4. The highest BCUT2D eigenvalue weighted by Crippen LogP contribution is 2.41. The smallest absolute Gasteiger partial charge is 0.346 e. The zero-order valence-corrected chi connectivity index (χ0v) is 14.7. The van der Waals surface area contributed by atoms with Crippen molar-refractivity contribution in [2.45, 2.75) is 39.3 Å². The molecule has 0 aliphatic carbocycles. The Morgan fingerprint density at radius 2 is 0.962 bits per heavy atom. The van der Waals surface area contributed by atoms with E-state index in [0.717, 1.165) is 18.8 Å². The molecule has 0 atom stereocenters. The Labute approximate surface area is 149 Å². The lowest BCUT2D eigenvalue weighted by atomic mass is 9.74. The number of aliphatic hydroxyl groups is 4. The van der Waals surface area contributed by atoms with Crippen LogP contribution in [0.15, 0.2) is 37.0 Å². The molecule has 0 aromatic heterocycles. The lowest BCUT2D eigenvalue weighted by molar-refractivity contribution is -0.376. The molecule has 0 rings (SSSR count). The fraction of sp³-hybridized carbons (Fsp3) is 0.438. The van der Waals surface area contributed by atoms with E-state index in [1.807, 2.05) is 0 Å². The Kier molecular flexibility index (Phi) is 8.35. The van der Waals surface area contributed by atoms with E-state index in [-0.39, 0.29) is 0 Å². The third kappa shape index (κ3) is 4.35. The zero-order chi connectivity index (χ0) is 20.6. The van der Waals surface area contributed by atoms with Gasteiger partial charge in [0.05, 0.1) is 18.8 Å². The Morgan fingerprint density at radius 1 is 0.692 bits per heavy atom. The predicted octanol–water partition coefficient (Wildman–Crippen LogP) is -0.415. The minimum Gasteiger partial charge on any atom is -0.433 e. The first-order valence-electron chi connectivity index (χ1n) is 7.31. The number of ether oxygens (including phenoxy) is 3. The molecule has 0 radical (unpaired) electrons. The van der Waals surface area contributed by atoms with Gasteiger partial charge >= 0.3 is 23.3 Å². The van der Waals surface area contributed by atoms with E-state index < -0.39 is 34.9 Å². The molecule has 0 aliphatic heterocycles. The van der Waals surface area contributed by atoms with Crippen molar-refractivity contribution in [3.05, 3.63) is 37.0 Å². The molecule has 146 valence electrons. The van der Waals surface area contributed by atoms with Crippen molar-refractivity contribution in [1.82, 2.24) is 0 Å². The average molecular weight is 374 g/mol. The van der Waals surface area contributed by atoms with E-state index in [9.17, 15) is 34.8 Å². The van der Waals surface area contributed by atoms with Crippen LogP contribution in [0.1, 0.15) is 27.7 Å². The van der Waals surface area contributed by atoms with Crippen molar-refractivity contribution in [3.63, 3.8) is 0 Å². The van der Waals surface area contributed by atoms with Gasteiger partial charge in [-0.05, 0) is 27.7 Å². The van der Waals surface area contributed by atoms with E-state index in [2.05, 4.69) is 14.2 Å². The summed E-state index contributed by atoms with van der Waals surface area (Å²) in [5.74, 6) is -13.3. The molecule has 0 saturated carbocycles. The molecule has 0 aliphatic rings. The van der Waals surface area contributed by atoms with E-state index in [4.69, 9.17) is 0 Å². The molecule has 0 amide bonds. The minimum absolute atomic E-state index is 0.427. The summed E-state index contributed by atoms with van der Waals surface area (Å²) in [5, 5.41) is 39.9. The first kappa shape index (κ1) is 23.5. The largest absolute Gasteiger partial charge is 0.433 e. The SMILES string of the molecule is C/C=C/OC(=O)C(C(=O)O/C=C/C)(C(=O)O/C=C/C)C(O)(O)C(C)(O)O. The number of carbonyl (C=O) groups is 3. The number of hydrogen-bond acceptors (Lipinski definition) is 10. The Balaban J connectivity index is 6.75. The average Bonchev–Trinajstić information content (AvgIpc) is 2.55. The minimum atomic E-state index is -4.10. The molecule has 0 unspecified atom stereocenters. The summed E-state index contributed by atoms with van der Waals surface area (Å²) in [6.07, 6.45) is 5.74. The molecule has 0 aromatic carbocycles. The molecule has 0 saturated heterocycles. The molecule has 26 heavy (non-hydrogen) atoms. The van der Waals surface area contributed by atoms with Crippen LogP contribution in [-0.2, 0) is 28.6 Å². The van der Waals surface area contributed by atoms with Gasteiger partial charge < -0.3 is 34.6 Å². The molecular formula is C16H22O10. The number of hydrogen-bond donors (Lipinski definition) is 4. The van der Waals surface area contributed by atoms with Crippen molar-refractivity contribution in [1.29, 1.82) is 0 Å². The van der Waals surface area contributed by atoms with E-state index in [1.165, 1.54) is 39.0 Å². The highest BCUT2D eigenvalue weighted by atomic mass is 16.6. The van der Waals surface area contributed by atoms with Gasteiger partial charge in [-0.25, -0.2) is 14.4 Å². The van der Waals surface area contributed by atoms with E-state index in [1.54, 1.807) is 0 Å². The summed E-state index contributed by atoms with van der Waals surface area (Å²) in [5.41, 5.74) is -3.72. The molecule has 0 fully saturated rings. The van der Waals surface area contributed by atoms with Crippen molar-refractivity contribution >= 4 is 17.9 Å². The van der Waals surface area contributed by atoms with Crippen LogP contribution in [0.5, 0.6) is 0 Å². The molecule has 0 heterocycles. The van der Waals surface area contributed by atoms with Crippen LogP contribution in [-0.4, -0.2) is 49.9 Å². The molecule has 0 bridgehead atoms. The van der Waals surface area contributed by atoms with Gasteiger partial charge in [0, 0.05) is 0 Å². The topological polar surface area (TPSA) is 160 Å². The van der Waals surface area contributed by atoms with Crippen molar-refractivity contribution in [3.8, 4) is 0 Å². The summed E-state index contributed by atoms with van der Waals surface area (Å²) in [6, 6.07) is 0. The molecule has 10 nitrogen and oxygen atoms in total. The number of allylic oxidation sites excluding steroid dienone is 3. The van der Waals surface area contributed by atoms with Crippen LogP contribution in [0.25, 0.3) is 0 Å². The van der Waals surface area contributed by atoms with Gasteiger partial charge in [-0.1, -0.05) is 18.2 Å². The Morgan fingerprint density at radius 3 is 1.15 bits per heavy atom. The second-order valence-corrected chi connectivity index (χ2v) is 5.07. The number of rotatable bonds is 8. The monoisotopic (exact) mass is 374 g/mol.